The normalized spacial score (nSPS) is 12.5. The molecule has 0 radical (unpaired) electrons. The van der Waals surface area contributed by atoms with Crippen LogP contribution in [-0.2, 0) is 0 Å². The highest BCUT2D eigenvalue weighted by Gasteiger charge is 2.15. The first-order valence-electron chi connectivity index (χ1n) is 6.37. The van der Waals surface area contributed by atoms with Crippen LogP contribution < -0.4 is 4.74 Å². The van der Waals surface area contributed by atoms with Crippen molar-refractivity contribution in [1.29, 1.82) is 0 Å². The lowest BCUT2D eigenvalue weighted by Crippen LogP contribution is -2.07. The average molecular weight is 400 g/mol. The topological polar surface area (TPSA) is 29.5 Å². The van der Waals surface area contributed by atoms with Crippen molar-refractivity contribution < 1.29 is 9.84 Å². The van der Waals surface area contributed by atoms with Gasteiger partial charge in [-0.3, -0.25) is 0 Å². The lowest BCUT2D eigenvalue weighted by atomic mass is 10.0. The summed E-state index contributed by atoms with van der Waals surface area (Å²) in [6, 6.07) is 13.3. The molecule has 106 valence electrons. The second kappa shape index (κ2) is 6.74. The minimum Gasteiger partial charge on any atom is -0.491 e. The maximum absolute atomic E-state index is 10.5. The number of hydrogen-bond acceptors (Lipinski definition) is 2. The molecule has 20 heavy (non-hydrogen) atoms. The quantitative estimate of drug-likeness (QED) is 0.776. The second-order valence-corrected chi connectivity index (χ2v) is 6.58. The molecule has 1 atom stereocenters. The van der Waals surface area contributed by atoms with E-state index >= 15 is 0 Å². The Bertz CT molecular complexity index is 597. The summed E-state index contributed by atoms with van der Waals surface area (Å²) in [7, 11) is 0. The van der Waals surface area contributed by atoms with Gasteiger partial charge in [-0.25, -0.2) is 0 Å². The molecule has 2 rings (SSSR count). The summed E-state index contributed by atoms with van der Waals surface area (Å²) in [5.41, 5.74) is 1.63. The van der Waals surface area contributed by atoms with Gasteiger partial charge in [-0.15, -0.1) is 0 Å². The third-order valence-electron chi connectivity index (χ3n) is 2.80. The zero-order valence-corrected chi connectivity index (χ0v) is 14.5. The van der Waals surface area contributed by atoms with Crippen molar-refractivity contribution in [2.24, 2.45) is 0 Å². The maximum Gasteiger partial charge on any atom is 0.120 e. The summed E-state index contributed by atoms with van der Waals surface area (Å²) in [4.78, 5) is 0. The Hall–Kier alpha value is -0.840. The molecule has 0 bridgehead atoms. The molecule has 0 amide bonds. The van der Waals surface area contributed by atoms with E-state index in [0.717, 1.165) is 25.8 Å². The molecule has 0 saturated carbocycles. The van der Waals surface area contributed by atoms with Gasteiger partial charge in [0.2, 0.25) is 0 Å². The van der Waals surface area contributed by atoms with E-state index in [2.05, 4.69) is 31.9 Å². The Labute approximate surface area is 136 Å². The first-order valence-corrected chi connectivity index (χ1v) is 7.95. The average Bonchev–Trinajstić information content (AvgIpc) is 2.40. The van der Waals surface area contributed by atoms with Crippen LogP contribution in [0.25, 0.3) is 0 Å². The van der Waals surface area contributed by atoms with Crippen LogP contribution in [0.3, 0.4) is 0 Å². The SMILES string of the molecule is CC(C)Oc1cccc(C(O)c2cc(Br)ccc2Br)c1. The minimum absolute atomic E-state index is 0.111. The Morgan fingerprint density at radius 3 is 2.50 bits per heavy atom. The third-order valence-corrected chi connectivity index (χ3v) is 4.01. The van der Waals surface area contributed by atoms with Crippen molar-refractivity contribution in [3.8, 4) is 5.75 Å². The van der Waals surface area contributed by atoms with Gasteiger partial charge in [-0.2, -0.15) is 0 Å². The van der Waals surface area contributed by atoms with Crippen LogP contribution in [-0.4, -0.2) is 11.2 Å². The summed E-state index contributed by atoms with van der Waals surface area (Å²) in [5, 5.41) is 10.5. The van der Waals surface area contributed by atoms with Gasteiger partial charge in [-0.05, 0) is 49.7 Å². The zero-order valence-electron chi connectivity index (χ0n) is 11.3. The van der Waals surface area contributed by atoms with Crippen LogP contribution in [0.1, 0.15) is 31.1 Å². The van der Waals surface area contributed by atoms with Crippen molar-refractivity contribution in [2.45, 2.75) is 26.1 Å². The van der Waals surface area contributed by atoms with Crippen LogP contribution >= 0.6 is 31.9 Å². The summed E-state index contributed by atoms with van der Waals surface area (Å²) in [6.07, 6.45) is -0.586. The van der Waals surface area contributed by atoms with Crippen molar-refractivity contribution >= 4 is 31.9 Å². The Morgan fingerprint density at radius 2 is 1.80 bits per heavy atom. The lowest BCUT2D eigenvalue weighted by molar-refractivity contribution is 0.215. The molecule has 0 aliphatic carbocycles. The van der Waals surface area contributed by atoms with Crippen LogP contribution in [0.15, 0.2) is 51.4 Å². The monoisotopic (exact) mass is 398 g/mol. The van der Waals surface area contributed by atoms with Gasteiger partial charge in [-0.1, -0.05) is 44.0 Å². The Morgan fingerprint density at radius 1 is 1.05 bits per heavy atom. The largest absolute Gasteiger partial charge is 0.491 e. The summed E-state index contributed by atoms with van der Waals surface area (Å²) in [6.45, 7) is 3.96. The van der Waals surface area contributed by atoms with Gasteiger partial charge in [0.15, 0.2) is 0 Å². The lowest BCUT2D eigenvalue weighted by Gasteiger charge is -2.16. The molecular weight excluding hydrogens is 384 g/mol. The molecule has 0 aromatic heterocycles. The van der Waals surface area contributed by atoms with Gasteiger partial charge in [0.1, 0.15) is 11.9 Å². The van der Waals surface area contributed by atoms with E-state index in [1.165, 1.54) is 0 Å². The molecule has 0 saturated heterocycles. The minimum atomic E-state index is -0.697. The molecule has 1 N–H and O–H groups in total. The van der Waals surface area contributed by atoms with Crippen molar-refractivity contribution in [3.05, 3.63) is 62.5 Å². The van der Waals surface area contributed by atoms with Gasteiger partial charge in [0.25, 0.3) is 0 Å². The highest BCUT2D eigenvalue weighted by molar-refractivity contribution is 9.11. The van der Waals surface area contributed by atoms with Crippen LogP contribution in [0.4, 0.5) is 0 Å². The number of aliphatic hydroxyl groups is 1. The fourth-order valence-electron chi connectivity index (χ4n) is 1.93. The molecule has 2 nitrogen and oxygen atoms in total. The first-order chi connectivity index (χ1) is 9.47. The first kappa shape index (κ1) is 15.5. The number of hydrogen-bond donors (Lipinski definition) is 1. The van der Waals surface area contributed by atoms with Crippen LogP contribution in [0.5, 0.6) is 5.75 Å². The van der Waals surface area contributed by atoms with Gasteiger partial charge in [0, 0.05) is 14.5 Å². The van der Waals surface area contributed by atoms with Crippen molar-refractivity contribution in [1.82, 2.24) is 0 Å². The number of benzene rings is 2. The highest BCUT2D eigenvalue weighted by Crippen LogP contribution is 2.32. The number of rotatable bonds is 4. The van der Waals surface area contributed by atoms with E-state index in [1.807, 2.05) is 56.3 Å². The zero-order chi connectivity index (χ0) is 14.7. The predicted molar refractivity (Wildman–Crippen MR) is 88.1 cm³/mol. The molecule has 1 unspecified atom stereocenters. The van der Waals surface area contributed by atoms with Gasteiger partial charge < -0.3 is 9.84 Å². The van der Waals surface area contributed by atoms with E-state index in [4.69, 9.17) is 4.74 Å². The van der Waals surface area contributed by atoms with E-state index in [9.17, 15) is 5.11 Å². The van der Waals surface area contributed by atoms with Crippen LogP contribution in [0.2, 0.25) is 0 Å². The summed E-state index contributed by atoms with van der Waals surface area (Å²) in [5.74, 6) is 0.766. The second-order valence-electron chi connectivity index (χ2n) is 4.81. The molecule has 0 heterocycles. The van der Waals surface area contributed by atoms with E-state index in [0.29, 0.717) is 0 Å². The van der Waals surface area contributed by atoms with Gasteiger partial charge in [0.05, 0.1) is 6.10 Å². The van der Waals surface area contributed by atoms with Gasteiger partial charge >= 0.3 is 0 Å². The molecule has 2 aromatic carbocycles. The Balaban J connectivity index is 2.33. The molecule has 0 fully saturated rings. The van der Waals surface area contributed by atoms with Crippen molar-refractivity contribution in [2.75, 3.05) is 0 Å². The predicted octanol–water partition coefficient (Wildman–Crippen LogP) is 5.08. The van der Waals surface area contributed by atoms with E-state index in [1.54, 1.807) is 0 Å². The standard InChI is InChI=1S/C16H16Br2O2/c1-10(2)20-13-5-3-4-11(8-13)16(19)14-9-12(17)6-7-15(14)18/h3-10,16,19H,1-2H3. The fourth-order valence-corrected chi connectivity index (χ4v) is 2.78. The molecular formula is C16H16Br2O2. The third kappa shape index (κ3) is 3.84. The number of aliphatic hydroxyl groups excluding tert-OH is 1. The highest BCUT2D eigenvalue weighted by atomic mass is 79.9. The molecule has 0 aliphatic rings. The Kier molecular flexibility index (Phi) is 5.24. The summed E-state index contributed by atoms with van der Waals surface area (Å²) >= 11 is 6.90. The smallest absolute Gasteiger partial charge is 0.120 e. The number of halogens is 2. The van der Waals surface area contributed by atoms with Crippen molar-refractivity contribution in [3.63, 3.8) is 0 Å². The molecule has 0 spiro atoms. The van der Waals surface area contributed by atoms with E-state index < -0.39 is 6.10 Å². The molecule has 0 aliphatic heterocycles. The molecule has 4 heteroatoms. The van der Waals surface area contributed by atoms with Crippen LogP contribution in [0, 0.1) is 0 Å². The summed E-state index contributed by atoms with van der Waals surface area (Å²) < 4.78 is 7.48. The van der Waals surface area contributed by atoms with E-state index in [-0.39, 0.29) is 6.10 Å². The fraction of sp³-hybridized carbons (Fsp3) is 0.250. The number of ether oxygens (including phenoxy) is 1. The molecule has 2 aromatic rings. The maximum atomic E-state index is 10.5.